The minimum absolute atomic E-state index is 0.0112. The number of hydrogen-bond acceptors (Lipinski definition) is 2. The molecule has 0 fully saturated rings. The maximum atomic E-state index is 11.7. The van der Waals surface area contributed by atoms with E-state index in [2.05, 4.69) is 15.9 Å². The van der Waals surface area contributed by atoms with Crippen LogP contribution < -0.4 is 10.1 Å². The molecular weight excluding hydrogens is 234 g/mol. The molecule has 0 atom stereocenters. The van der Waals surface area contributed by atoms with Crippen molar-refractivity contribution < 1.29 is 15.0 Å². The molecule has 1 aromatic carbocycles. The monoisotopic (exact) mass is 245 g/mol. The third kappa shape index (κ3) is 1.67. The number of halogens is 1. The highest BCUT2D eigenvalue weighted by Crippen LogP contribution is 2.24. The van der Waals surface area contributed by atoms with Gasteiger partial charge in [-0.3, -0.25) is 4.79 Å². The highest BCUT2D eigenvalue weighted by atomic mass is 79.9. The molecule has 0 aromatic heterocycles. The number of carbonyl (C=O) groups is 1. The number of nitrogens with one attached hydrogen (secondary N) is 1. The van der Waals surface area contributed by atoms with E-state index in [9.17, 15) is 4.79 Å². The van der Waals surface area contributed by atoms with Crippen LogP contribution in [0.25, 0.3) is 0 Å². The second-order valence-electron chi connectivity index (χ2n) is 2.42. The van der Waals surface area contributed by atoms with Gasteiger partial charge in [-0.15, -0.1) is 0 Å². The van der Waals surface area contributed by atoms with E-state index in [-0.39, 0.29) is 11.3 Å². The van der Waals surface area contributed by atoms with Crippen LogP contribution in [0.2, 0.25) is 0 Å². The van der Waals surface area contributed by atoms with Crippen LogP contribution >= 0.6 is 15.9 Å². The summed E-state index contributed by atoms with van der Waals surface area (Å²) in [6, 6.07) is 4.45. The Labute approximate surface area is 89.8 Å². The lowest BCUT2D eigenvalue weighted by atomic mass is 10.2. The van der Waals surface area contributed by atoms with Crippen LogP contribution in [0.1, 0.15) is 15.8 Å². The van der Waals surface area contributed by atoms with Crippen molar-refractivity contribution >= 4 is 21.8 Å². The highest BCUT2D eigenvalue weighted by Gasteiger charge is 2.15. The van der Waals surface area contributed by atoms with Gasteiger partial charge in [0, 0.05) is 4.47 Å². The highest BCUT2D eigenvalue weighted by molar-refractivity contribution is 9.10. The summed E-state index contributed by atoms with van der Waals surface area (Å²) in [6.45, 7) is -5.24. The molecule has 1 N–H and O–H groups in total. The molecule has 1 heterocycles. The fraction of sp³-hybridized carbons (Fsp3) is 0.222. The Hall–Kier alpha value is -1.03. The van der Waals surface area contributed by atoms with Gasteiger partial charge in [-0.2, -0.15) is 0 Å². The van der Waals surface area contributed by atoms with Gasteiger partial charge < -0.3 is 10.1 Å². The Kier molecular flexibility index (Phi) is 1.30. The second kappa shape index (κ2) is 3.38. The number of hydrogen-bond donors (Lipinski definition) is 1. The van der Waals surface area contributed by atoms with E-state index in [0.29, 0.717) is 4.47 Å². The molecule has 13 heavy (non-hydrogen) atoms. The van der Waals surface area contributed by atoms with E-state index in [0.717, 1.165) is 0 Å². The predicted octanol–water partition coefficient (Wildman–Crippen LogP) is 1.57. The fourth-order valence-electron chi connectivity index (χ4n) is 0.999. The Morgan fingerprint density at radius 3 is 3.31 bits per heavy atom. The molecule has 0 bridgehead atoms. The molecule has 2 rings (SSSR count). The number of carbonyl (C=O) groups excluding carboxylic acids is 1. The zero-order valence-corrected chi connectivity index (χ0v) is 8.01. The van der Waals surface area contributed by atoms with Gasteiger partial charge in [0.05, 0.1) is 17.5 Å². The zero-order chi connectivity index (χ0) is 12.8. The summed E-state index contributed by atoms with van der Waals surface area (Å²) >= 11 is 3.18. The molecule has 1 aromatic rings. The Bertz CT molecular complexity index is 492. The third-order valence-corrected chi connectivity index (χ3v) is 2.07. The van der Waals surface area contributed by atoms with Gasteiger partial charge in [0.25, 0.3) is 5.91 Å². The summed E-state index contributed by atoms with van der Waals surface area (Å²) < 4.78 is 35.4. The summed E-state index contributed by atoms with van der Waals surface area (Å²) in [6.07, 6.45) is 0. The summed E-state index contributed by atoms with van der Waals surface area (Å²) in [5.41, 5.74) is 0.0876. The molecular formula is C9H8BrNO2. The van der Waals surface area contributed by atoms with E-state index in [1.54, 1.807) is 6.07 Å². The summed E-state index contributed by atoms with van der Waals surface area (Å²) in [5, 5.41) is 1.97. The van der Waals surface area contributed by atoms with Crippen LogP contribution in [0.15, 0.2) is 22.7 Å². The molecule has 68 valence electrons. The molecule has 4 heteroatoms. The largest absolute Gasteiger partial charge is 0.491 e. The maximum absolute atomic E-state index is 11.7. The molecule has 0 saturated carbocycles. The van der Waals surface area contributed by atoms with Crippen molar-refractivity contribution in [1.29, 1.82) is 0 Å². The maximum Gasteiger partial charge on any atom is 0.255 e. The third-order valence-electron chi connectivity index (χ3n) is 1.57. The van der Waals surface area contributed by atoms with E-state index in [1.165, 1.54) is 12.1 Å². The van der Waals surface area contributed by atoms with Crippen molar-refractivity contribution in [3.8, 4) is 5.75 Å². The molecule has 0 spiro atoms. The van der Waals surface area contributed by atoms with E-state index in [4.69, 9.17) is 10.2 Å². The minimum atomic E-state index is -2.64. The van der Waals surface area contributed by atoms with E-state index >= 15 is 0 Å². The summed E-state index contributed by atoms with van der Waals surface area (Å²) in [4.78, 5) is 11.7. The molecule has 0 unspecified atom stereocenters. The average Bonchev–Trinajstić information content (AvgIpc) is 2.24. The molecule has 0 radical (unpaired) electrons. The predicted molar refractivity (Wildman–Crippen MR) is 52.0 cm³/mol. The first-order valence-electron chi connectivity index (χ1n) is 5.54. The first kappa shape index (κ1) is 5.00. The lowest BCUT2D eigenvalue weighted by Crippen LogP contribution is -2.24. The van der Waals surface area contributed by atoms with Gasteiger partial charge >= 0.3 is 0 Å². The molecule has 1 aliphatic heterocycles. The van der Waals surface area contributed by atoms with Gasteiger partial charge in [-0.25, -0.2) is 0 Å². The summed E-state index contributed by atoms with van der Waals surface area (Å²) in [5.74, 6) is -0.704. The van der Waals surface area contributed by atoms with Crippen molar-refractivity contribution in [1.82, 2.24) is 5.32 Å². The summed E-state index contributed by atoms with van der Waals surface area (Å²) in [7, 11) is 0. The number of fused-ring (bicyclic) bond motifs is 1. The van der Waals surface area contributed by atoms with Gasteiger partial charge in [-0.05, 0) is 18.2 Å². The van der Waals surface area contributed by atoms with Crippen molar-refractivity contribution in [3.63, 3.8) is 0 Å². The van der Waals surface area contributed by atoms with Gasteiger partial charge in [0.2, 0.25) is 0 Å². The normalized spacial score (nSPS) is 27.6. The van der Waals surface area contributed by atoms with Crippen molar-refractivity contribution in [2.45, 2.75) is 0 Å². The molecule has 1 amide bonds. The molecule has 1 aliphatic rings. The van der Waals surface area contributed by atoms with Crippen molar-refractivity contribution in [2.24, 2.45) is 0 Å². The fourth-order valence-corrected chi connectivity index (χ4v) is 1.36. The van der Waals surface area contributed by atoms with E-state index in [1.807, 2.05) is 5.32 Å². The van der Waals surface area contributed by atoms with Crippen molar-refractivity contribution in [3.05, 3.63) is 28.2 Å². The van der Waals surface area contributed by atoms with Gasteiger partial charge in [0.15, 0.2) is 0 Å². The van der Waals surface area contributed by atoms with Crippen LogP contribution in [0.3, 0.4) is 0 Å². The Morgan fingerprint density at radius 2 is 2.46 bits per heavy atom. The average molecular weight is 246 g/mol. The smallest absolute Gasteiger partial charge is 0.255 e. The lowest BCUT2D eigenvalue weighted by Gasteiger charge is -2.04. The lowest BCUT2D eigenvalue weighted by molar-refractivity contribution is 0.0957. The quantitative estimate of drug-likeness (QED) is 0.754. The Balaban J connectivity index is 2.56. The van der Waals surface area contributed by atoms with Gasteiger partial charge in [-0.1, -0.05) is 15.9 Å². The number of amides is 1. The first-order chi connectivity index (χ1) is 7.73. The van der Waals surface area contributed by atoms with Crippen LogP contribution in [0, 0.1) is 0 Å². The Morgan fingerprint density at radius 1 is 1.62 bits per heavy atom. The van der Waals surface area contributed by atoms with Crippen molar-refractivity contribution in [2.75, 3.05) is 13.1 Å². The molecule has 0 saturated heterocycles. The zero-order valence-electron chi connectivity index (χ0n) is 10.4. The molecule has 3 nitrogen and oxygen atoms in total. The second-order valence-corrected chi connectivity index (χ2v) is 3.34. The topological polar surface area (TPSA) is 38.3 Å². The number of rotatable bonds is 0. The van der Waals surface area contributed by atoms with Crippen LogP contribution in [-0.4, -0.2) is 19.0 Å². The van der Waals surface area contributed by atoms with Crippen LogP contribution in [0.4, 0.5) is 0 Å². The minimum Gasteiger partial charge on any atom is -0.491 e. The number of ether oxygens (including phenoxy) is 1. The molecule has 0 aliphatic carbocycles. The SMILES string of the molecule is [2H]C1([2H])NC(=O)c2cc(Br)ccc2OC1([2H])[2H]. The first-order valence-corrected chi connectivity index (χ1v) is 4.33. The standard InChI is InChI=1S/C9H8BrNO2/c10-6-1-2-8-7(5-6)9(12)11-3-4-13-8/h1-2,5H,3-4H2,(H,11,12)/i3D2,4D2. The number of benzene rings is 1. The van der Waals surface area contributed by atoms with E-state index < -0.39 is 19.0 Å². The van der Waals surface area contributed by atoms with Gasteiger partial charge in [0.1, 0.15) is 12.3 Å². The van der Waals surface area contributed by atoms with Crippen LogP contribution in [-0.2, 0) is 0 Å². The van der Waals surface area contributed by atoms with Crippen LogP contribution in [0.5, 0.6) is 5.75 Å².